The van der Waals surface area contributed by atoms with Gasteiger partial charge in [0.25, 0.3) is 0 Å². The maximum Gasteiger partial charge on any atom is 0.355 e. The summed E-state index contributed by atoms with van der Waals surface area (Å²) in [5, 5.41) is 9.58. The second-order valence-corrected chi connectivity index (χ2v) is 2.71. The second-order valence-electron chi connectivity index (χ2n) is 2.71. The molecule has 0 saturated carbocycles. The summed E-state index contributed by atoms with van der Waals surface area (Å²) >= 11 is 0. The Morgan fingerprint density at radius 1 is 1.64 bits per heavy atom. The minimum atomic E-state index is -0.663. The van der Waals surface area contributed by atoms with Crippen molar-refractivity contribution in [3.8, 4) is 0 Å². The molecule has 0 aromatic rings. The van der Waals surface area contributed by atoms with Crippen LogP contribution in [0.25, 0.3) is 0 Å². The van der Waals surface area contributed by atoms with Crippen molar-refractivity contribution in [2.45, 2.75) is 0 Å². The van der Waals surface area contributed by atoms with Gasteiger partial charge in [0.05, 0.1) is 13.2 Å². The van der Waals surface area contributed by atoms with Gasteiger partial charge in [0, 0.05) is 19.2 Å². The monoisotopic (exact) mass is 200 g/mol. The third-order valence-electron chi connectivity index (χ3n) is 1.79. The molecule has 2 amide bonds. The second kappa shape index (κ2) is 4.61. The molecule has 0 aliphatic carbocycles. The highest BCUT2D eigenvalue weighted by atomic mass is 16.7. The van der Waals surface area contributed by atoms with E-state index in [-0.39, 0.29) is 13.2 Å². The summed E-state index contributed by atoms with van der Waals surface area (Å²) in [5.41, 5.74) is 0. The fourth-order valence-corrected chi connectivity index (χ4v) is 1.12. The topological polar surface area (TPSA) is 70.1 Å². The summed E-state index contributed by atoms with van der Waals surface area (Å²) in [6.45, 7) is 4.13. The maximum absolute atomic E-state index is 11.4. The van der Waals surface area contributed by atoms with Crippen LogP contribution in [0.2, 0.25) is 0 Å². The molecule has 1 heterocycles. The van der Waals surface area contributed by atoms with E-state index in [2.05, 4.69) is 11.4 Å². The van der Waals surface area contributed by atoms with Crippen LogP contribution in [-0.2, 0) is 9.63 Å². The van der Waals surface area contributed by atoms with Crippen LogP contribution in [0.4, 0.5) is 4.79 Å². The van der Waals surface area contributed by atoms with Crippen LogP contribution >= 0.6 is 0 Å². The Bertz CT molecular complexity index is 254. The number of hydroxylamine groups is 2. The van der Waals surface area contributed by atoms with E-state index in [1.165, 1.54) is 4.90 Å². The van der Waals surface area contributed by atoms with Crippen molar-refractivity contribution in [2.75, 3.05) is 26.2 Å². The zero-order valence-corrected chi connectivity index (χ0v) is 7.68. The number of hydrogen-bond acceptors (Lipinski definition) is 4. The van der Waals surface area contributed by atoms with Crippen molar-refractivity contribution in [3.63, 3.8) is 0 Å². The molecule has 1 fully saturated rings. The van der Waals surface area contributed by atoms with Crippen molar-refractivity contribution in [1.29, 1.82) is 0 Å². The van der Waals surface area contributed by atoms with Gasteiger partial charge in [-0.2, -0.15) is 5.06 Å². The minimum absolute atomic E-state index is 0.102. The molecule has 0 atom stereocenters. The molecule has 6 nitrogen and oxygen atoms in total. The number of amides is 2. The standard InChI is InChI=1S/C8H12N2O4/c1-2-7(12)14-10-4-3-9(5-6-11)8(10)13/h2,11H,1,3-6H2. The Morgan fingerprint density at radius 3 is 2.93 bits per heavy atom. The molecule has 1 aliphatic rings. The summed E-state index contributed by atoms with van der Waals surface area (Å²) in [5.74, 6) is -0.663. The molecular weight excluding hydrogens is 188 g/mol. The van der Waals surface area contributed by atoms with Crippen LogP contribution in [0.3, 0.4) is 0 Å². The Balaban J connectivity index is 2.47. The molecule has 78 valence electrons. The van der Waals surface area contributed by atoms with Gasteiger partial charge in [-0.1, -0.05) is 6.58 Å². The lowest BCUT2D eigenvalue weighted by Crippen LogP contribution is -2.34. The lowest BCUT2D eigenvalue weighted by atomic mass is 10.5. The molecule has 1 N–H and O–H groups in total. The minimum Gasteiger partial charge on any atom is -0.395 e. The van der Waals surface area contributed by atoms with Gasteiger partial charge < -0.3 is 14.8 Å². The summed E-state index contributed by atoms with van der Waals surface area (Å²) in [4.78, 5) is 28.2. The number of rotatable bonds is 4. The van der Waals surface area contributed by atoms with Gasteiger partial charge in [0.2, 0.25) is 0 Å². The van der Waals surface area contributed by atoms with Crippen LogP contribution in [-0.4, -0.2) is 53.3 Å². The van der Waals surface area contributed by atoms with Gasteiger partial charge in [0.15, 0.2) is 0 Å². The summed E-state index contributed by atoms with van der Waals surface area (Å²) < 4.78 is 0. The van der Waals surface area contributed by atoms with Gasteiger partial charge in [-0.3, -0.25) is 0 Å². The number of nitrogens with zero attached hydrogens (tertiary/aromatic N) is 2. The highest BCUT2D eigenvalue weighted by molar-refractivity contribution is 5.83. The molecule has 0 aromatic carbocycles. The lowest BCUT2D eigenvalue weighted by molar-refractivity contribution is -0.167. The molecule has 1 rings (SSSR count). The molecule has 1 aliphatic heterocycles. The van der Waals surface area contributed by atoms with E-state index in [9.17, 15) is 9.59 Å². The smallest absolute Gasteiger partial charge is 0.355 e. The maximum atomic E-state index is 11.4. The van der Waals surface area contributed by atoms with Gasteiger partial charge in [-0.15, -0.1) is 0 Å². The van der Waals surface area contributed by atoms with Crippen LogP contribution < -0.4 is 0 Å². The van der Waals surface area contributed by atoms with E-state index >= 15 is 0 Å². The molecule has 1 saturated heterocycles. The van der Waals surface area contributed by atoms with Gasteiger partial charge in [-0.05, 0) is 0 Å². The van der Waals surface area contributed by atoms with E-state index < -0.39 is 12.0 Å². The zero-order valence-electron chi connectivity index (χ0n) is 7.68. The number of aliphatic hydroxyl groups excluding tert-OH is 1. The molecular formula is C8H12N2O4. The first-order valence-corrected chi connectivity index (χ1v) is 4.20. The molecule has 0 bridgehead atoms. The Kier molecular flexibility index (Phi) is 3.47. The fraction of sp³-hybridized carbons (Fsp3) is 0.500. The Labute approximate surface area is 81.3 Å². The summed E-state index contributed by atoms with van der Waals surface area (Å²) in [6.07, 6.45) is 0.988. The molecule has 0 spiro atoms. The summed E-state index contributed by atoms with van der Waals surface area (Å²) in [7, 11) is 0. The molecule has 0 unspecified atom stereocenters. The quantitative estimate of drug-likeness (QED) is 0.613. The zero-order chi connectivity index (χ0) is 10.6. The SMILES string of the molecule is C=CC(=O)ON1CCN(CCO)C1=O. The van der Waals surface area contributed by atoms with Crippen LogP contribution in [0.15, 0.2) is 12.7 Å². The van der Waals surface area contributed by atoms with E-state index in [4.69, 9.17) is 5.11 Å². The average Bonchev–Trinajstić information content (AvgIpc) is 2.50. The van der Waals surface area contributed by atoms with Gasteiger partial charge in [-0.25, -0.2) is 9.59 Å². The third-order valence-corrected chi connectivity index (χ3v) is 1.79. The Hall–Kier alpha value is -1.56. The predicted molar refractivity (Wildman–Crippen MR) is 47.0 cm³/mol. The van der Waals surface area contributed by atoms with E-state index in [1.807, 2.05) is 0 Å². The van der Waals surface area contributed by atoms with E-state index in [0.717, 1.165) is 11.1 Å². The van der Waals surface area contributed by atoms with Crippen LogP contribution in [0, 0.1) is 0 Å². The molecule has 0 aromatic heterocycles. The lowest BCUT2D eigenvalue weighted by Gasteiger charge is -2.15. The van der Waals surface area contributed by atoms with Crippen LogP contribution in [0.1, 0.15) is 0 Å². The normalized spacial score (nSPS) is 15.9. The number of carbonyl (C=O) groups excluding carboxylic acids is 2. The number of carbonyl (C=O) groups is 2. The number of urea groups is 1. The first kappa shape index (κ1) is 10.5. The number of hydrogen-bond donors (Lipinski definition) is 1. The third kappa shape index (κ3) is 2.23. The van der Waals surface area contributed by atoms with Crippen molar-refractivity contribution < 1.29 is 19.5 Å². The number of aliphatic hydroxyl groups is 1. The highest BCUT2D eigenvalue weighted by Crippen LogP contribution is 2.08. The molecule has 14 heavy (non-hydrogen) atoms. The molecule has 6 heteroatoms. The first-order chi connectivity index (χ1) is 6.69. The molecule has 0 radical (unpaired) electrons. The predicted octanol–water partition coefficient (Wildman–Crippen LogP) is -0.639. The van der Waals surface area contributed by atoms with Gasteiger partial charge in [0.1, 0.15) is 0 Å². The first-order valence-electron chi connectivity index (χ1n) is 4.20. The highest BCUT2D eigenvalue weighted by Gasteiger charge is 2.30. The van der Waals surface area contributed by atoms with Crippen molar-refractivity contribution in [2.24, 2.45) is 0 Å². The van der Waals surface area contributed by atoms with Crippen molar-refractivity contribution in [1.82, 2.24) is 9.96 Å². The fourth-order valence-electron chi connectivity index (χ4n) is 1.12. The van der Waals surface area contributed by atoms with E-state index in [0.29, 0.717) is 13.1 Å². The largest absolute Gasteiger partial charge is 0.395 e. The van der Waals surface area contributed by atoms with E-state index in [1.54, 1.807) is 0 Å². The summed E-state index contributed by atoms with van der Waals surface area (Å²) in [6, 6.07) is -0.408. The Morgan fingerprint density at radius 2 is 2.36 bits per heavy atom. The van der Waals surface area contributed by atoms with Crippen LogP contribution in [0.5, 0.6) is 0 Å². The average molecular weight is 200 g/mol. The van der Waals surface area contributed by atoms with Crippen molar-refractivity contribution >= 4 is 12.0 Å². The number of β-amino-alcohol motifs (C(OH)–C–C–N with tert-alkyl or cyclic N) is 1. The van der Waals surface area contributed by atoms with Gasteiger partial charge >= 0.3 is 12.0 Å². The van der Waals surface area contributed by atoms with Crippen molar-refractivity contribution in [3.05, 3.63) is 12.7 Å².